The van der Waals surface area contributed by atoms with E-state index in [1.807, 2.05) is 115 Å². The van der Waals surface area contributed by atoms with Crippen LogP contribution in [0, 0.1) is 0 Å². The van der Waals surface area contributed by atoms with Gasteiger partial charge in [0.1, 0.15) is 25.9 Å². The van der Waals surface area contributed by atoms with Crippen molar-refractivity contribution in [2.45, 2.75) is 115 Å². The van der Waals surface area contributed by atoms with Gasteiger partial charge in [0.15, 0.2) is 11.3 Å². The highest BCUT2D eigenvalue weighted by molar-refractivity contribution is 9.10. The molecule has 0 N–H and O–H groups in total. The van der Waals surface area contributed by atoms with Gasteiger partial charge >= 0.3 is 19.3 Å². The minimum Gasteiger partial charge on any atom is -0.444 e. The fourth-order valence-corrected chi connectivity index (χ4v) is 7.61. The molecule has 0 atom stereocenters. The third kappa shape index (κ3) is 11.6. The number of imidazole rings is 2. The summed E-state index contributed by atoms with van der Waals surface area (Å²) in [6.45, 7) is 21.7. The van der Waals surface area contributed by atoms with Crippen LogP contribution >= 0.6 is 39.5 Å². The van der Waals surface area contributed by atoms with Crippen molar-refractivity contribution in [3.05, 3.63) is 65.1 Å². The van der Waals surface area contributed by atoms with Crippen LogP contribution in [0.2, 0.25) is 0 Å². The van der Waals surface area contributed by atoms with E-state index in [2.05, 4.69) is 43.0 Å². The Hall–Kier alpha value is -3.58. The third-order valence-electron chi connectivity index (χ3n) is 9.56. The summed E-state index contributed by atoms with van der Waals surface area (Å²) in [6.07, 6.45) is 20.5. The van der Waals surface area contributed by atoms with Gasteiger partial charge in [0, 0.05) is 56.8 Å². The molecule has 0 aromatic carbocycles. The molecule has 18 heteroatoms. The highest BCUT2D eigenvalue weighted by Gasteiger charge is 2.52. The topological polar surface area (TPSA) is 138 Å². The minimum absolute atomic E-state index is 0.276. The van der Waals surface area contributed by atoms with Gasteiger partial charge in [-0.1, -0.05) is 12.2 Å². The van der Waals surface area contributed by atoms with Gasteiger partial charge in [0.2, 0.25) is 0 Å². The summed E-state index contributed by atoms with van der Waals surface area (Å²) in [5.74, 6) is 0. The Morgan fingerprint density at radius 3 is 1.76 bits per heavy atom. The number of hydrogen-bond donors (Lipinski definition) is 0. The van der Waals surface area contributed by atoms with Crippen LogP contribution in [-0.2, 0) is 18.8 Å². The normalized spacial score (nSPS) is 17.8. The molecule has 3 aliphatic rings. The molecule has 14 nitrogen and oxygen atoms in total. The number of fused-ring (bicyclic) bond motifs is 2. The van der Waals surface area contributed by atoms with Crippen LogP contribution in [0.15, 0.2) is 69.5 Å². The Bertz CT molecular complexity index is 2140. The molecule has 58 heavy (non-hydrogen) atoms. The maximum absolute atomic E-state index is 12.3. The fraction of sp³-hybridized carbons (Fsp3) is 0.550. The average Bonchev–Trinajstić information content (AvgIpc) is 3.87. The molecule has 314 valence electrons. The minimum atomic E-state index is -0.488. The van der Waals surface area contributed by atoms with Gasteiger partial charge in [0.25, 0.3) is 0 Å². The molecule has 7 rings (SSSR count). The Labute approximate surface area is 359 Å². The Morgan fingerprint density at radius 2 is 1.24 bits per heavy atom. The van der Waals surface area contributed by atoms with Gasteiger partial charge in [-0.2, -0.15) is 0 Å². The molecular weight excluding hydrogens is 843 g/mol. The van der Waals surface area contributed by atoms with Crippen LogP contribution < -0.4 is 0 Å². The van der Waals surface area contributed by atoms with Crippen molar-refractivity contribution in [3.8, 4) is 0 Å². The lowest BCUT2D eigenvalue weighted by atomic mass is 9.76. The zero-order valence-corrected chi connectivity index (χ0v) is 38.9. The summed E-state index contributed by atoms with van der Waals surface area (Å²) < 4.78 is 27.8. The summed E-state index contributed by atoms with van der Waals surface area (Å²) in [6, 6.07) is 0. The molecule has 0 unspecified atom stereocenters. The van der Waals surface area contributed by atoms with Crippen molar-refractivity contribution in [1.29, 1.82) is 0 Å². The second kappa shape index (κ2) is 18.4. The Morgan fingerprint density at radius 1 is 0.759 bits per heavy atom. The maximum Gasteiger partial charge on any atom is 0.492 e. The first kappa shape index (κ1) is 45.5. The molecule has 7 heterocycles. The number of rotatable bonds is 4. The van der Waals surface area contributed by atoms with Gasteiger partial charge in [-0.3, -0.25) is 0 Å². The number of halogens is 1. The van der Waals surface area contributed by atoms with E-state index < -0.39 is 18.3 Å². The smallest absolute Gasteiger partial charge is 0.444 e. The summed E-state index contributed by atoms with van der Waals surface area (Å²) in [5, 5.41) is 1.82. The molecule has 0 spiro atoms. The summed E-state index contributed by atoms with van der Waals surface area (Å²) in [7, 11) is -0.393. The van der Waals surface area contributed by atoms with Gasteiger partial charge in [-0.25, -0.2) is 29.5 Å². The first-order valence-corrected chi connectivity index (χ1v) is 22.4. The highest BCUT2D eigenvalue weighted by atomic mass is 79.9. The van der Waals surface area contributed by atoms with Crippen molar-refractivity contribution >= 4 is 75.6 Å². The number of thioether (sulfide) groups is 2. The quantitative estimate of drug-likeness (QED) is 0.143. The van der Waals surface area contributed by atoms with Crippen molar-refractivity contribution in [2.24, 2.45) is 0 Å². The van der Waals surface area contributed by atoms with E-state index in [0.717, 1.165) is 55.5 Å². The van der Waals surface area contributed by atoms with E-state index in [-0.39, 0.29) is 23.4 Å². The van der Waals surface area contributed by atoms with E-state index >= 15 is 0 Å². The zero-order chi connectivity index (χ0) is 42.6. The first-order valence-electron chi connectivity index (χ1n) is 19.2. The van der Waals surface area contributed by atoms with Crippen LogP contribution in [0.3, 0.4) is 0 Å². The third-order valence-corrected chi connectivity index (χ3v) is 11.3. The molecule has 2 amide bonds. The van der Waals surface area contributed by atoms with Gasteiger partial charge in [-0.15, -0.1) is 23.5 Å². The predicted octanol–water partition coefficient (Wildman–Crippen LogP) is 8.87. The first-order chi connectivity index (χ1) is 27.1. The summed E-state index contributed by atoms with van der Waals surface area (Å²) in [5.41, 5.74) is 2.96. The maximum atomic E-state index is 12.3. The van der Waals surface area contributed by atoms with Crippen LogP contribution in [0.25, 0.3) is 16.9 Å². The lowest BCUT2D eigenvalue weighted by Crippen LogP contribution is -2.42. The second-order valence-corrected chi connectivity index (χ2v) is 19.4. The van der Waals surface area contributed by atoms with E-state index in [1.54, 1.807) is 45.7 Å². The predicted molar refractivity (Wildman–Crippen MR) is 234 cm³/mol. The molecule has 1 fully saturated rings. The van der Waals surface area contributed by atoms with Crippen LogP contribution in [-0.4, -0.2) is 119 Å². The molecule has 4 aromatic rings. The molecule has 0 bridgehead atoms. The molecule has 1 saturated heterocycles. The van der Waals surface area contributed by atoms with E-state index in [1.165, 1.54) is 0 Å². The molecule has 3 aliphatic heterocycles. The van der Waals surface area contributed by atoms with Crippen molar-refractivity contribution in [1.82, 2.24) is 38.5 Å². The largest absolute Gasteiger partial charge is 0.492 e. The Balaban J connectivity index is 0.000000174. The average molecular weight is 900 g/mol. The molecule has 4 aromatic heterocycles. The fourth-order valence-electron chi connectivity index (χ4n) is 6.03. The zero-order valence-electron chi connectivity index (χ0n) is 35.7. The van der Waals surface area contributed by atoms with Gasteiger partial charge in [0.05, 0.1) is 23.4 Å². The highest BCUT2D eigenvalue weighted by Crippen LogP contribution is 2.39. The lowest BCUT2D eigenvalue weighted by Gasteiger charge is -2.32. The van der Waals surface area contributed by atoms with Crippen molar-refractivity contribution in [3.63, 3.8) is 0 Å². The molecule has 0 radical (unpaired) electrons. The second-order valence-electron chi connectivity index (χ2n) is 17.0. The monoisotopic (exact) mass is 898 g/mol. The van der Waals surface area contributed by atoms with E-state index in [4.69, 9.17) is 23.8 Å². The number of carbonyl (C=O) groups excluding carboxylic acids is 2. The lowest BCUT2D eigenvalue weighted by molar-refractivity contribution is 0.00578. The SMILES string of the molecule is CC(C)(C)OC(=O)N1CCC=C(B2OC(C)(C)C(C)(C)O2)C1.CSc1nc(Br)cn2ccnc12.CSc1nc(C2=CCCN(C(=O)OC(C)(C)C)C2)cn2ccnc12. The van der Waals surface area contributed by atoms with Crippen LogP contribution in [0.4, 0.5) is 9.59 Å². The summed E-state index contributed by atoms with van der Waals surface area (Å²) in [4.78, 5) is 45.5. The number of aromatic nitrogens is 6. The number of carbonyl (C=O) groups is 2. The number of nitrogens with zero attached hydrogens (tertiary/aromatic N) is 8. The van der Waals surface area contributed by atoms with Crippen molar-refractivity contribution < 1.29 is 28.4 Å². The molecular formula is C40H56BBrN8O6S2. The van der Waals surface area contributed by atoms with E-state index in [9.17, 15) is 9.59 Å². The number of ether oxygens (including phenoxy) is 2. The van der Waals surface area contributed by atoms with E-state index in [0.29, 0.717) is 26.2 Å². The molecule has 0 aliphatic carbocycles. The van der Waals surface area contributed by atoms with Crippen LogP contribution in [0.5, 0.6) is 0 Å². The Kier molecular flexibility index (Phi) is 14.4. The van der Waals surface area contributed by atoms with Gasteiger partial charge < -0.3 is 37.4 Å². The van der Waals surface area contributed by atoms with Crippen molar-refractivity contribution in [2.75, 3.05) is 38.7 Å². The summed E-state index contributed by atoms with van der Waals surface area (Å²) >= 11 is 6.50. The number of hydrogen-bond acceptors (Lipinski definition) is 12. The van der Waals surface area contributed by atoms with Crippen LogP contribution in [0.1, 0.15) is 87.8 Å². The standard InChI is InChI=1S/C17H22N4O2S.C16H28BNO4.C7H6BrN3S/c1-17(2,3)23-16(22)21-8-5-6-12(10-21)13-11-20-9-7-18-14(20)15(19-13)24-4;1-14(2,3)20-13(19)18-10-8-9-12(11-18)17-21-15(4,5)16(6,7)22-17;1-12-7-6-9-2-3-11(6)4-5(8)10-7/h6-7,9,11H,5,8,10H2,1-4H3;9H,8,10-11H2,1-7H3;2-4H,1H3. The number of amides is 2. The molecule has 0 saturated carbocycles. The van der Waals surface area contributed by atoms with Gasteiger partial charge in [-0.05, 0) is 122 Å².